The Balaban J connectivity index is 0.730. The van der Waals surface area contributed by atoms with Crippen LogP contribution >= 0.6 is 11.6 Å². The van der Waals surface area contributed by atoms with Gasteiger partial charge in [-0.05, 0) is 123 Å². The largest absolute Gasteiger partial charge is 0.490 e. The SMILES string of the molecule is [C-]#[N+]c1ccc(OC2CC3CCC(C2)N3C(=O)c2ccc(C#CC34CCC(CN5Cc6cc7c(cc6C5)C(=O)N(C5CCC(=O)NC5=O)C7=O)(CC3)CC4)cc2)cc1Cl. The van der Waals surface area contributed by atoms with Crippen LogP contribution in [0.25, 0.3) is 4.85 Å². The van der Waals surface area contributed by atoms with E-state index in [-0.39, 0.29) is 53.7 Å². The summed E-state index contributed by atoms with van der Waals surface area (Å²) in [4.78, 5) is 73.7. The van der Waals surface area contributed by atoms with Crippen LogP contribution in [0.2, 0.25) is 5.02 Å². The van der Waals surface area contributed by atoms with Crippen LogP contribution in [0.1, 0.15) is 125 Å². The molecule has 0 aromatic heterocycles. The van der Waals surface area contributed by atoms with Crippen LogP contribution in [0.4, 0.5) is 5.69 Å². The summed E-state index contributed by atoms with van der Waals surface area (Å²) in [5.41, 5.74) is 5.07. The molecule has 0 spiro atoms. The van der Waals surface area contributed by atoms with Crippen molar-refractivity contribution in [2.75, 3.05) is 6.54 Å². The number of nitrogens with zero attached hydrogens (tertiary/aromatic N) is 4. The number of rotatable bonds is 6. The van der Waals surface area contributed by atoms with Crippen LogP contribution in [0.5, 0.6) is 5.75 Å². The van der Waals surface area contributed by atoms with Crippen molar-refractivity contribution < 1.29 is 28.7 Å². The highest BCUT2D eigenvalue weighted by molar-refractivity contribution is 6.33. The fourth-order valence-corrected chi connectivity index (χ4v) is 11.4. The van der Waals surface area contributed by atoms with Crippen LogP contribution in [0.15, 0.2) is 54.6 Å². The van der Waals surface area contributed by atoms with Crippen LogP contribution in [-0.2, 0) is 22.7 Å². The quantitative estimate of drug-likeness (QED) is 0.159. The zero-order chi connectivity index (χ0) is 40.6. The molecule has 1 N–H and O–H groups in total. The van der Waals surface area contributed by atoms with Gasteiger partial charge in [0.25, 0.3) is 17.7 Å². The van der Waals surface area contributed by atoms with Crippen LogP contribution < -0.4 is 10.1 Å². The molecule has 4 bridgehead atoms. The number of piperidine rings is 2. The third-order valence-electron chi connectivity index (χ3n) is 14.4. The molecule has 59 heavy (non-hydrogen) atoms. The molecule has 5 heterocycles. The lowest BCUT2D eigenvalue weighted by Gasteiger charge is -2.52. The van der Waals surface area contributed by atoms with Crippen molar-refractivity contribution in [3.05, 3.63) is 104 Å². The Bertz CT molecular complexity index is 2360. The van der Waals surface area contributed by atoms with Crippen molar-refractivity contribution in [3.63, 3.8) is 0 Å². The van der Waals surface area contributed by atoms with Crippen LogP contribution in [0, 0.1) is 29.2 Å². The minimum absolute atomic E-state index is 0.00387. The van der Waals surface area contributed by atoms with Crippen molar-refractivity contribution in [1.29, 1.82) is 0 Å². The molecular formula is C47H44ClN5O6. The van der Waals surface area contributed by atoms with Crippen molar-refractivity contribution in [2.45, 2.75) is 114 Å². The molecule has 11 nitrogen and oxygen atoms in total. The van der Waals surface area contributed by atoms with Gasteiger partial charge in [-0.1, -0.05) is 29.5 Å². The summed E-state index contributed by atoms with van der Waals surface area (Å²) < 4.78 is 6.27. The van der Waals surface area contributed by atoms with Gasteiger partial charge in [-0.2, -0.15) is 0 Å². The second-order valence-corrected chi connectivity index (χ2v) is 18.3. The first-order chi connectivity index (χ1) is 28.5. The normalized spacial score (nSPS) is 29.4. The Morgan fingerprint density at radius 2 is 1.51 bits per heavy atom. The zero-order valence-corrected chi connectivity index (χ0v) is 33.5. The fraction of sp³-hybridized carbons (Fsp3) is 0.447. The first-order valence-electron chi connectivity index (χ1n) is 20.9. The maximum absolute atomic E-state index is 13.8. The van der Waals surface area contributed by atoms with Crippen molar-refractivity contribution in [2.24, 2.45) is 10.8 Å². The van der Waals surface area contributed by atoms with Gasteiger partial charge in [0.2, 0.25) is 17.5 Å². The van der Waals surface area contributed by atoms with E-state index >= 15 is 0 Å². The standard InChI is InChI=1S/C47H44ClN5O6/c1-49-39-9-8-34(24-38(39)48)59-35-22-32-6-7-33(23-35)52(32)43(56)29-4-2-28(3-5-29)12-13-46-14-17-47(18-15-46,19-16-46)27-51-25-30-20-36-37(21-31(30)26-51)45(58)53(44(36)57)40-10-11-41(54)50-42(40)55/h2-5,8-9,20-21,24,32-33,35,40H,6-7,10-11,14-19,22-23,25-27H2,(H,50,54,55). The number of ether oxygens (including phenoxy) is 1. The number of carbonyl (C=O) groups excluding carboxylic acids is 5. The summed E-state index contributed by atoms with van der Waals surface area (Å²) in [5.74, 6) is 6.00. The number of nitrogens with one attached hydrogen (secondary N) is 1. The van der Waals surface area contributed by atoms with Gasteiger partial charge in [-0.25, -0.2) is 4.85 Å². The van der Waals surface area contributed by atoms with Gasteiger partial charge in [0.05, 0.1) is 22.7 Å². The van der Waals surface area contributed by atoms with Gasteiger partial charge in [0.15, 0.2) is 0 Å². The summed E-state index contributed by atoms with van der Waals surface area (Å²) >= 11 is 6.24. The molecule has 5 amide bonds. The Labute approximate surface area is 348 Å². The second-order valence-electron chi connectivity index (χ2n) is 17.9. The van der Waals surface area contributed by atoms with E-state index in [2.05, 4.69) is 31.8 Å². The molecule has 11 rings (SSSR count). The molecule has 0 radical (unpaired) electrons. The first kappa shape index (κ1) is 37.8. The van der Waals surface area contributed by atoms with E-state index < -0.39 is 23.8 Å². The van der Waals surface area contributed by atoms with Gasteiger partial charge in [0.1, 0.15) is 17.9 Å². The molecular weight excluding hydrogens is 766 g/mol. The number of hydrogen-bond acceptors (Lipinski definition) is 7. The number of hydrogen-bond donors (Lipinski definition) is 1. The number of imide groups is 2. The molecule has 3 aromatic carbocycles. The van der Waals surface area contributed by atoms with E-state index in [4.69, 9.17) is 22.9 Å². The Kier molecular flexibility index (Phi) is 9.19. The van der Waals surface area contributed by atoms with E-state index in [0.717, 1.165) is 105 Å². The van der Waals surface area contributed by atoms with Gasteiger partial charge in [0, 0.05) is 67.5 Å². The van der Waals surface area contributed by atoms with E-state index in [1.165, 1.54) is 0 Å². The van der Waals surface area contributed by atoms with Crippen LogP contribution in [-0.4, -0.2) is 75.0 Å². The smallest absolute Gasteiger partial charge is 0.262 e. The number of carbonyl (C=O) groups is 5. The van der Waals surface area contributed by atoms with Gasteiger partial charge in [-0.3, -0.25) is 39.1 Å². The summed E-state index contributed by atoms with van der Waals surface area (Å²) in [6.07, 6.45) is 10.2. The highest BCUT2D eigenvalue weighted by atomic mass is 35.5. The monoisotopic (exact) mass is 809 g/mol. The highest BCUT2D eigenvalue weighted by Gasteiger charge is 2.50. The van der Waals surface area contributed by atoms with E-state index in [9.17, 15) is 24.0 Å². The van der Waals surface area contributed by atoms with Gasteiger partial charge >= 0.3 is 0 Å². The molecule has 3 aliphatic carbocycles. The minimum Gasteiger partial charge on any atom is -0.490 e. The zero-order valence-electron chi connectivity index (χ0n) is 32.7. The lowest BCUT2D eigenvalue weighted by Crippen LogP contribution is -2.54. The number of benzene rings is 3. The molecule has 300 valence electrons. The molecule has 3 saturated carbocycles. The van der Waals surface area contributed by atoms with Gasteiger partial charge < -0.3 is 9.64 Å². The summed E-state index contributed by atoms with van der Waals surface area (Å²) in [5, 5.41) is 2.65. The van der Waals surface area contributed by atoms with Crippen molar-refractivity contribution in [1.82, 2.24) is 20.0 Å². The maximum Gasteiger partial charge on any atom is 0.262 e. The lowest BCUT2D eigenvalue weighted by atomic mass is 9.54. The summed E-state index contributed by atoms with van der Waals surface area (Å²) in [6, 6.07) is 16.0. The highest BCUT2D eigenvalue weighted by Crippen LogP contribution is 2.57. The maximum atomic E-state index is 13.8. The molecule has 3 atom stereocenters. The first-order valence-corrected chi connectivity index (χ1v) is 21.3. The molecule has 3 saturated heterocycles. The number of amides is 5. The minimum atomic E-state index is -0.960. The molecule has 8 aliphatic rings. The molecule has 6 fully saturated rings. The molecule has 12 heteroatoms. The topological polar surface area (TPSA) is 121 Å². The summed E-state index contributed by atoms with van der Waals surface area (Å²) in [6.45, 7) is 9.63. The molecule has 5 aliphatic heterocycles. The van der Waals surface area contributed by atoms with Crippen molar-refractivity contribution >= 4 is 46.8 Å². The average molecular weight is 810 g/mol. The van der Waals surface area contributed by atoms with E-state index in [0.29, 0.717) is 33.1 Å². The number of halogens is 1. The van der Waals surface area contributed by atoms with Crippen molar-refractivity contribution in [3.8, 4) is 17.6 Å². The Morgan fingerprint density at radius 3 is 2.10 bits per heavy atom. The molecule has 3 aromatic rings. The molecule has 3 unspecified atom stereocenters. The number of fused-ring (bicyclic) bond motifs is 7. The van der Waals surface area contributed by atoms with Gasteiger partial charge in [-0.15, -0.1) is 0 Å². The average Bonchev–Trinajstić information content (AvgIpc) is 3.83. The second kappa shape index (κ2) is 14.4. The van der Waals surface area contributed by atoms with Crippen LogP contribution in [0.3, 0.4) is 0 Å². The summed E-state index contributed by atoms with van der Waals surface area (Å²) in [7, 11) is 0. The lowest BCUT2D eigenvalue weighted by molar-refractivity contribution is -0.136. The third kappa shape index (κ3) is 6.69. The van der Waals surface area contributed by atoms with E-state index in [1.54, 1.807) is 18.2 Å². The van der Waals surface area contributed by atoms with E-state index in [1.807, 2.05) is 36.4 Å². The third-order valence-corrected chi connectivity index (χ3v) is 14.7. The fourth-order valence-electron chi connectivity index (χ4n) is 11.2. The Morgan fingerprint density at radius 1 is 0.864 bits per heavy atom. The predicted octanol–water partition coefficient (Wildman–Crippen LogP) is 7.21. The predicted molar refractivity (Wildman–Crippen MR) is 217 cm³/mol. The Hall–Kier alpha value is -5.49.